The summed E-state index contributed by atoms with van der Waals surface area (Å²) in [5.74, 6) is 0.637. The fraction of sp³-hybridized carbons (Fsp3) is 0.636. The molecule has 0 saturated heterocycles. The Labute approximate surface area is 192 Å². The molecule has 1 unspecified atom stereocenters. The maximum Gasteiger partial charge on any atom is 0.243 e. The Balaban J connectivity index is 0.00000420. The summed E-state index contributed by atoms with van der Waals surface area (Å²) < 4.78 is 5.98. The molecule has 0 aliphatic heterocycles. The molecule has 0 spiro atoms. The van der Waals surface area contributed by atoms with Gasteiger partial charge in [-0.2, -0.15) is 0 Å². The minimum atomic E-state index is -0.0194. The predicted molar refractivity (Wildman–Crippen MR) is 130 cm³/mol. The molecule has 6 nitrogen and oxygen atoms in total. The van der Waals surface area contributed by atoms with Gasteiger partial charge in [-0.05, 0) is 31.7 Å². The van der Waals surface area contributed by atoms with E-state index in [0.29, 0.717) is 12.1 Å². The maximum absolute atomic E-state index is 11.9. The van der Waals surface area contributed by atoms with Crippen LogP contribution < -0.4 is 10.6 Å². The third kappa shape index (κ3) is 10.3. The number of nitrogens with one attached hydrogen (secondary N) is 2. The van der Waals surface area contributed by atoms with Crippen molar-refractivity contribution in [3.05, 3.63) is 35.9 Å². The number of guanidine groups is 1. The van der Waals surface area contributed by atoms with Crippen LogP contribution in [0.15, 0.2) is 35.3 Å². The topological polar surface area (TPSA) is 66.0 Å². The number of amides is 1. The van der Waals surface area contributed by atoms with E-state index in [1.54, 1.807) is 19.0 Å². The van der Waals surface area contributed by atoms with Gasteiger partial charge in [0.1, 0.15) is 6.54 Å². The summed E-state index contributed by atoms with van der Waals surface area (Å²) in [5, 5.41) is 6.74. The van der Waals surface area contributed by atoms with Crippen molar-refractivity contribution in [1.29, 1.82) is 0 Å². The summed E-state index contributed by atoms with van der Waals surface area (Å²) in [6.45, 7) is 3.74. The van der Waals surface area contributed by atoms with Crippen LogP contribution in [0.3, 0.4) is 0 Å². The highest BCUT2D eigenvalue weighted by Crippen LogP contribution is 2.20. The third-order valence-corrected chi connectivity index (χ3v) is 5.04. The molecule has 1 aromatic carbocycles. The Morgan fingerprint density at radius 2 is 1.90 bits per heavy atom. The summed E-state index contributed by atoms with van der Waals surface area (Å²) >= 11 is 0. The van der Waals surface area contributed by atoms with Crippen LogP contribution in [0.1, 0.15) is 57.1 Å². The number of ether oxygens (including phenoxy) is 1. The standard InChI is InChI=1S/C22H36N4O2.HI/c1-18(19-11-6-4-7-12-19)25-22(24-17-21(27)26(2)3)23-15-10-16-28-20-13-8-5-9-14-20;/h4,6-7,11-12,18,20H,5,8-10,13-17H2,1-3H3,(H2,23,24,25);1H. The van der Waals surface area contributed by atoms with Gasteiger partial charge in [0, 0.05) is 27.2 Å². The Morgan fingerprint density at radius 3 is 2.55 bits per heavy atom. The van der Waals surface area contributed by atoms with Gasteiger partial charge in [-0.15, -0.1) is 24.0 Å². The van der Waals surface area contributed by atoms with Gasteiger partial charge in [-0.3, -0.25) is 4.79 Å². The molecule has 0 heterocycles. The molecule has 1 atom stereocenters. The second-order valence-electron chi connectivity index (χ2n) is 7.64. The minimum absolute atomic E-state index is 0. The number of benzene rings is 1. The van der Waals surface area contributed by atoms with Crippen LogP contribution in [-0.2, 0) is 9.53 Å². The Kier molecular flexibility index (Phi) is 12.9. The van der Waals surface area contributed by atoms with Crippen LogP contribution in [0.2, 0.25) is 0 Å². The summed E-state index contributed by atoms with van der Waals surface area (Å²) in [7, 11) is 3.49. The molecular formula is C22H37IN4O2. The van der Waals surface area contributed by atoms with E-state index in [-0.39, 0.29) is 42.5 Å². The first-order chi connectivity index (χ1) is 13.6. The summed E-state index contributed by atoms with van der Waals surface area (Å²) in [4.78, 5) is 17.9. The molecule has 1 amide bonds. The summed E-state index contributed by atoms with van der Waals surface area (Å²) in [6.07, 6.45) is 7.68. The number of nitrogens with zero attached hydrogens (tertiary/aromatic N) is 2. The number of aliphatic imine (C=N–C) groups is 1. The number of hydrogen-bond acceptors (Lipinski definition) is 3. The number of halogens is 1. The van der Waals surface area contributed by atoms with Crippen molar-refractivity contribution in [2.45, 2.75) is 57.6 Å². The molecule has 1 aromatic rings. The maximum atomic E-state index is 11.9. The normalized spacial score (nSPS) is 15.9. The molecule has 0 radical (unpaired) electrons. The fourth-order valence-electron chi connectivity index (χ4n) is 3.23. The molecule has 1 fully saturated rings. The van der Waals surface area contributed by atoms with Crippen LogP contribution >= 0.6 is 24.0 Å². The first-order valence-electron chi connectivity index (χ1n) is 10.5. The number of hydrogen-bond donors (Lipinski definition) is 2. The Morgan fingerprint density at radius 1 is 1.21 bits per heavy atom. The molecule has 1 aliphatic carbocycles. The first kappa shape index (κ1) is 25.7. The quantitative estimate of drug-likeness (QED) is 0.227. The van der Waals surface area contributed by atoms with E-state index in [0.717, 1.165) is 19.6 Å². The van der Waals surface area contributed by atoms with Crippen molar-refractivity contribution in [3.63, 3.8) is 0 Å². The predicted octanol–water partition coefficient (Wildman–Crippen LogP) is 3.73. The SMILES string of the molecule is CC(NC(=NCC(=O)N(C)C)NCCCOC1CCCCC1)c1ccccc1.I. The third-order valence-electron chi connectivity index (χ3n) is 5.04. The Hall–Kier alpha value is -1.35. The largest absolute Gasteiger partial charge is 0.378 e. The average Bonchev–Trinajstić information content (AvgIpc) is 2.72. The van der Waals surface area contributed by atoms with Gasteiger partial charge in [-0.25, -0.2) is 4.99 Å². The molecule has 0 bridgehead atoms. The van der Waals surface area contributed by atoms with Gasteiger partial charge in [0.15, 0.2) is 5.96 Å². The monoisotopic (exact) mass is 516 g/mol. The molecule has 7 heteroatoms. The number of rotatable bonds is 9. The van der Waals surface area contributed by atoms with Gasteiger partial charge in [-0.1, -0.05) is 49.6 Å². The average molecular weight is 516 g/mol. The van der Waals surface area contributed by atoms with Crippen molar-refractivity contribution < 1.29 is 9.53 Å². The van der Waals surface area contributed by atoms with Crippen molar-refractivity contribution in [2.24, 2.45) is 4.99 Å². The van der Waals surface area contributed by atoms with Gasteiger partial charge < -0.3 is 20.3 Å². The van der Waals surface area contributed by atoms with E-state index >= 15 is 0 Å². The number of likely N-dealkylation sites (N-methyl/N-ethyl adjacent to an activating group) is 1. The highest BCUT2D eigenvalue weighted by Gasteiger charge is 2.13. The lowest BCUT2D eigenvalue weighted by atomic mass is 9.98. The van der Waals surface area contributed by atoms with Crippen LogP contribution in [0.5, 0.6) is 0 Å². The summed E-state index contributed by atoms with van der Waals surface area (Å²) in [5.41, 5.74) is 1.18. The highest BCUT2D eigenvalue weighted by atomic mass is 127. The number of carbonyl (C=O) groups is 1. The van der Waals surface area contributed by atoms with Gasteiger partial charge >= 0.3 is 0 Å². The van der Waals surface area contributed by atoms with Crippen molar-refractivity contribution in [3.8, 4) is 0 Å². The van der Waals surface area contributed by atoms with Crippen molar-refractivity contribution in [1.82, 2.24) is 15.5 Å². The van der Waals surface area contributed by atoms with Crippen LogP contribution in [0.25, 0.3) is 0 Å². The van der Waals surface area contributed by atoms with E-state index in [4.69, 9.17) is 4.74 Å². The van der Waals surface area contributed by atoms with E-state index in [1.165, 1.54) is 37.7 Å². The molecular weight excluding hydrogens is 479 g/mol. The van der Waals surface area contributed by atoms with Crippen molar-refractivity contribution in [2.75, 3.05) is 33.8 Å². The lowest BCUT2D eigenvalue weighted by Gasteiger charge is -2.22. The molecule has 164 valence electrons. The fourth-order valence-corrected chi connectivity index (χ4v) is 3.23. The molecule has 29 heavy (non-hydrogen) atoms. The lowest BCUT2D eigenvalue weighted by molar-refractivity contribution is -0.127. The molecule has 2 rings (SSSR count). The van der Waals surface area contributed by atoms with Crippen LogP contribution in [0.4, 0.5) is 0 Å². The van der Waals surface area contributed by atoms with Gasteiger partial charge in [0.25, 0.3) is 0 Å². The molecule has 1 saturated carbocycles. The number of carbonyl (C=O) groups excluding carboxylic acids is 1. The van der Waals surface area contributed by atoms with E-state index in [1.807, 2.05) is 18.2 Å². The first-order valence-corrected chi connectivity index (χ1v) is 10.5. The zero-order chi connectivity index (χ0) is 20.2. The summed E-state index contributed by atoms with van der Waals surface area (Å²) in [6, 6.07) is 10.3. The van der Waals surface area contributed by atoms with Gasteiger partial charge in [0.05, 0.1) is 12.1 Å². The Bertz CT molecular complexity index is 604. The second kappa shape index (κ2) is 14.6. The van der Waals surface area contributed by atoms with E-state index in [2.05, 4.69) is 34.7 Å². The smallest absolute Gasteiger partial charge is 0.243 e. The zero-order valence-electron chi connectivity index (χ0n) is 18.0. The van der Waals surface area contributed by atoms with Gasteiger partial charge in [0.2, 0.25) is 5.91 Å². The second-order valence-corrected chi connectivity index (χ2v) is 7.64. The van der Waals surface area contributed by atoms with Crippen molar-refractivity contribution >= 4 is 35.8 Å². The minimum Gasteiger partial charge on any atom is -0.378 e. The van der Waals surface area contributed by atoms with E-state index in [9.17, 15) is 4.79 Å². The highest BCUT2D eigenvalue weighted by molar-refractivity contribution is 14.0. The molecule has 2 N–H and O–H groups in total. The van der Waals surface area contributed by atoms with Crippen LogP contribution in [-0.4, -0.2) is 56.7 Å². The zero-order valence-corrected chi connectivity index (χ0v) is 20.4. The lowest BCUT2D eigenvalue weighted by Crippen LogP contribution is -2.40. The molecule has 1 aliphatic rings. The van der Waals surface area contributed by atoms with Crippen LogP contribution in [0, 0.1) is 0 Å². The van der Waals surface area contributed by atoms with E-state index < -0.39 is 0 Å². The molecule has 0 aromatic heterocycles.